The van der Waals surface area contributed by atoms with Crippen LogP contribution in [-0.2, 0) is 14.8 Å². The number of benzene rings is 1. The molecule has 1 unspecified atom stereocenters. The predicted octanol–water partition coefficient (Wildman–Crippen LogP) is 0.661. The number of hydrogen-bond donors (Lipinski definition) is 3. The number of sulfonamides is 1. The summed E-state index contributed by atoms with van der Waals surface area (Å²) in [6, 6.07) is 5.78. The van der Waals surface area contributed by atoms with Gasteiger partial charge in [-0.15, -0.1) is 0 Å². The summed E-state index contributed by atoms with van der Waals surface area (Å²) in [4.78, 5) is 11.7. The van der Waals surface area contributed by atoms with E-state index < -0.39 is 10.0 Å². The normalized spacial score (nSPS) is 13.0. The summed E-state index contributed by atoms with van der Waals surface area (Å²) in [5.41, 5.74) is 6.22. The Kier molecular flexibility index (Phi) is 5.46. The van der Waals surface area contributed by atoms with Gasteiger partial charge in [-0.1, -0.05) is 6.92 Å². The molecule has 1 atom stereocenters. The highest BCUT2D eigenvalue weighted by atomic mass is 32.2. The Hall–Kier alpha value is -1.44. The lowest BCUT2D eigenvalue weighted by Gasteiger charge is -2.10. The fraction of sp³-hybridized carbons (Fsp3) is 0.417. The van der Waals surface area contributed by atoms with Gasteiger partial charge in [-0.2, -0.15) is 0 Å². The van der Waals surface area contributed by atoms with E-state index in [9.17, 15) is 13.2 Å². The maximum absolute atomic E-state index is 11.6. The van der Waals surface area contributed by atoms with E-state index in [0.29, 0.717) is 5.69 Å². The summed E-state index contributed by atoms with van der Waals surface area (Å²) in [6.45, 7) is 1.91. The number of amides is 1. The largest absolute Gasteiger partial charge is 0.327 e. The maximum atomic E-state index is 11.6. The van der Waals surface area contributed by atoms with Gasteiger partial charge in [-0.05, 0) is 37.7 Å². The average Bonchev–Trinajstić information content (AvgIpc) is 2.39. The molecule has 0 aliphatic carbocycles. The van der Waals surface area contributed by atoms with Crippen LogP contribution in [-0.4, -0.2) is 27.4 Å². The van der Waals surface area contributed by atoms with Crippen LogP contribution >= 0.6 is 0 Å². The van der Waals surface area contributed by atoms with Crippen LogP contribution in [0.15, 0.2) is 29.2 Å². The zero-order chi connectivity index (χ0) is 14.5. The molecule has 0 bridgehead atoms. The van der Waals surface area contributed by atoms with Gasteiger partial charge in [0.25, 0.3) is 0 Å². The highest BCUT2D eigenvalue weighted by Gasteiger charge is 2.11. The molecule has 0 aliphatic heterocycles. The first kappa shape index (κ1) is 15.6. The van der Waals surface area contributed by atoms with Crippen molar-refractivity contribution in [2.24, 2.45) is 5.73 Å². The lowest BCUT2D eigenvalue weighted by Crippen LogP contribution is -2.26. The minimum atomic E-state index is -3.45. The van der Waals surface area contributed by atoms with Crippen molar-refractivity contribution in [2.75, 3.05) is 12.4 Å². The average molecular weight is 285 g/mol. The minimum Gasteiger partial charge on any atom is -0.327 e. The summed E-state index contributed by atoms with van der Waals surface area (Å²) in [5.74, 6) is -0.182. The third kappa shape index (κ3) is 4.62. The fourth-order valence-electron chi connectivity index (χ4n) is 1.43. The van der Waals surface area contributed by atoms with Crippen molar-refractivity contribution in [1.29, 1.82) is 0 Å². The Morgan fingerprint density at radius 3 is 2.37 bits per heavy atom. The zero-order valence-electron chi connectivity index (χ0n) is 11.0. The summed E-state index contributed by atoms with van der Waals surface area (Å²) in [7, 11) is -2.10. The van der Waals surface area contributed by atoms with Crippen molar-refractivity contribution in [3.63, 3.8) is 0 Å². The van der Waals surface area contributed by atoms with E-state index in [1.807, 2.05) is 6.92 Å². The highest BCUT2D eigenvalue weighted by Crippen LogP contribution is 2.14. The van der Waals surface area contributed by atoms with E-state index in [0.717, 1.165) is 6.42 Å². The Bertz CT molecular complexity index is 526. The Morgan fingerprint density at radius 1 is 1.32 bits per heavy atom. The monoisotopic (exact) mass is 285 g/mol. The van der Waals surface area contributed by atoms with Crippen molar-refractivity contribution in [1.82, 2.24) is 4.72 Å². The minimum absolute atomic E-state index is 0.151. The van der Waals surface area contributed by atoms with Crippen LogP contribution < -0.4 is 15.8 Å². The molecule has 0 aromatic heterocycles. The first-order valence-corrected chi connectivity index (χ1v) is 7.46. The molecule has 0 aliphatic rings. The first-order valence-electron chi connectivity index (χ1n) is 5.98. The molecule has 0 saturated carbocycles. The number of carbonyl (C=O) groups is 1. The van der Waals surface area contributed by atoms with Gasteiger partial charge in [0.15, 0.2) is 0 Å². The van der Waals surface area contributed by atoms with E-state index in [2.05, 4.69) is 10.0 Å². The van der Waals surface area contributed by atoms with Crippen molar-refractivity contribution in [3.8, 4) is 0 Å². The Labute approximate surface area is 113 Å². The number of nitrogens with one attached hydrogen (secondary N) is 2. The van der Waals surface area contributed by atoms with Crippen LogP contribution in [0, 0.1) is 0 Å². The second-order valence-electron chi connectivity index (χ2n) is 4.15. The third-order valence-electron chi connectivity index (χ3n) is 2.69. The van der Waals surface area contributed by atoms with Gasteiger partial charge in [-0.25, -0.2) is 13.1 Å². The molecule has 1 rings (SSSR count). The van der Waals surface area contributed by atoms with Crippen LogP contribution in [0.2, 0.25) is 0 Å². The van der Waals surface area contributed by atoms with Gasteiger partial charge < -0.3 is 11.1 Å². The summed E-state index contributed by atoms with van der Waals surface area (Å²) in [5, 5.41) is 2.67. The SMILES string of the molecule is CCC(N)CC(=O)Nc1ccc(S(=O)(=O)NC)cc1. The molecule has 6 nitrogen and oxygen atoms in total. The molecule has 0 heterocycles. The van der Waals surface area contributed by atoms with Crippen LogP contribution in [0.5, 0.6) is 0 Å². The van der Waals surface area contributed by atoms with Gasteiger partial charge in [-0.3, -0.25) is 4.79 Å². The molecule has 0 spiro atoms. The molecule has 1 aromatic carbocycles. The number of rotatable bonds is 6. The van der Waals surface area contributed by atoms with E-state index in [-0.39, 0.29) is 23.3 Å². The standard InChI is InChI=1S/C12H19N3O3S/c1-3-9(13)8-12(16)15-10-4-6-11(7-5-10)19(17,18)14-2/h4-7,9,14H,3,8,13H2,1-2H3,(H,15,16). The summed E-state index contributed by atoms with van der Waals surface area (Å²) in [6.07, 6.45) is 0.972. The number of hydrogen-bond acceptors (Lipinski definition) is 4. The molecular weight excluding hydrogens is 266 g/mol. The zero-order valence-corrected chi connectivity index (χ0v) is 11.8. The van der Waals surface area contributed by atoms with Crippen LogP contribution in [0.25, 0.3) is 0 Å². The molecule has 0 radical (unpaired) electrons. The van der Waals surface area contributed by atoms with E-state index in [1.54, 1.807) is 12.1 Å². The Balaban J connectivity index is 2.70. The first-order chi connectivity index (χ1) is 8.89. The molecule has 19 heavy (non-hydrogen) atoms. The molecule has 106 valence electrons. The van der Waals surface area contributed by atoms with Gasteiger partial charge in [0.1, 0.15) is 0 Å². The third-order valence-corrected chi connectivity index (χ3v) is 4.12. The lowest BCUT2D eigenvalue weighted by molar-refractivity contribution is -0.116. The van der Waals surface area contributed by atoms with Gasteiger partial charge in [0, 0.05) is 18.2 Å². The van der Waals surface area contributed by atoms with E-state index in [4.69, 9.17) is 5.73 Å². The van der Waals surface area contributed by atoms with Crippen LogP contribution in [0.4, 0.5) is 5.69 Å². The van der Waals surface area contributed by atoms with Gasteiger partial charge >= 0.3 is 0 Å². The van der Waals surface area contributed by atoms with E-state index in [1.165, 1.54) is 19.2 Å². The van der Waals surface area contributed by atoms with E-state index >= 15 is 0 Å². The molecule has 1 aromatic rings. The molecule has 0 fully saturated rings. The molecule has 7 heteroatoms. The molecular formula is C12H19N3O3S. The molecule has 1 amide bonds. The fourth-order valence-corrected chi connectivity index (χ4v) is 2.16. The highest BCUT2D eigenvalue weighted by molar-refractivity contribution is 7.89. The van der Waals surface area contributed by atoms with Crippen molar-refractivity contribution in [2.45, 2.75) is 30.7 Å². The second-order valence-corrected chi connectivity index (χ2v) is 6.04. The van der Waals surface area contributed by atoms with Crippen LogP contribution in [0.3, 0.4) is 0 Å². The number of nitrogens with two attached hydrogens (primary N) is 1. The quantitative estimate of drug-likeness (QED) is 0.714. The summed E-state index contributed by atoms with van der Waals surface area (Å²) >= 11 is 0. The van der Waals surface area contributed by atoms with Gasteiger partial charge in [0.2, 0.25) is 15.9 Å². The number of carbonyl (C=O) groups excluding carboxylic acids is 1. The van der Waals surface area contributed by atoms with Crippen LogP contribution in [0.1, 0.15) is 19.8 Å². The van der Waals surface area contributed by atoms with Crippen molar-refractivity contribution < 1.29 is 13.2 Å². The number of anilines is 1. The van der Waals surface area contributed by atoms with Gasteiger partial charge in [0.05, 0.1) is 4.90 Å². The Morgan fingerprint density at radius 2 is 1.89 bits per heavy atom. The smallest absolute Gasteiger partial charge is 0.240 e. The summed E-state index contributed by atoms with van der Waals surface area (Å²) < 4.78 is 25.2. The predicted molar refractivity (Wildman–Crippen MR) is 74.2 cm³/mol. The van der Waals surface area contributed by atoms with Crippen molar-refractivity contribution >= 4 is 21.6 Å². The van der Waals surface area contributed by atoms with Crippen molar-refractivity contribution in [3.05, 3.63) is 24.3 Å². The maximum Gasteiger partial charge on any atom is 0.240 e. The topological polar surface area (TPSA) is 101 Å². The molecule has 0 saturated heterocycles. The second kappa shape index (κ2) is 6.65. The lowest BCUT2D eigenvalue weighted by atomic mass is 10.1. The molecule has 4 N–H and O–H groups in total.